The Kier molecular flexibility index (Phi) is 23.3. The van der Waals surface area contributed by atoms with Gasteiger partial charge in [-0.15, -0.1) is 0 Å². The van der Waals surface area contributed by atoms with Crippen molar-refractivity contribution in [3.8, 4) is 0 Å². The first-order valence-electron chi connectivity index (χ1n) is 13.7. The minimum Gasteiger partial charge on any atom is -0.0654 e. The minimum absolute atomic E-state index is 0.891. The third-order valence-electron chi connectivity index (χ3n) is 6.53. The van der Waals surface area contributed by atoms with Crippen LogP contribution in [-0.2, 0) is 0 Å². The van der Waals surface area contributed by atoms with Gasteiger partial charge >= 0.3 is 0 Å². The summed E-state index contributed by atoms with van der Waals surface area (Å²) in [5.41, 5.74) is 0. The van der Waals surface area contributed by atoms with Crippen LogP contribution in [0.5, 0.6) is 0 Å². The highest BCUT2D eigenvalue weighted by molar-refractivity contribution is 4.56. The molecule has 0 N–H and O–H groups in total. The molecule has 0 saturated carbocycles. The molecule has 0 heteroatoms. The molecule has 0 heterocycles. The molecule has 0 spiro atoms. The SMILES string of the molecule is CCCCCCCCCCCCCCCCCCC(C)CCCCCC(C)C. The van der Waals surface area contributed by atoms with Gasteiger partial charge in [-0.25, -0.2) is 0 Å². The quantitative estimate of drug-likeness (QED) is 0.151. The molecule has 170 valence electrons. The van der Waals surface area contributed by atoms with Crippen LogP contribution in [0.4, 0.5) is 0 Å². The monoisotopic (exact) mass is 394 g/mol. The molecule has 28 heavy (non-hydrogen) atoms. The topological polar surface area (TPSA) is 0 Å². The third-order valence-corrected chi connectivity index (χ3v) is 6.53. The largest absolute Gasteiger partial charge is 0.0654 e. The Bertz CT molecular complexity index is 267. The molecule has 0 aromatic rings. The summed E-state index contributed by atoms with van der Waals surface area (Å²) in [4.78, 5) is 0. The Hall–Kier alpha value is 0. The van der Waals surface area contributed by atoms with Crippen LogP contribution in [0.25, 0.3) is 0 Å². The second-order valence-corrected chi connectivity index (χ2v) is 10.2. The maximum absolute atomic E-state index is 2.48. The zero-order valence-corrected chi connectivity index (χ0v) is 20.7. The van der Waals surface area contributed by atoms with Crippen molar-refractivity contribution in [3.05, 3.63) is 0 Å². The van der Waals surface area contributed by atoms with E-state index in [-0.39, 0.29) is 0 Å². The summed E-state index contributed by atoms with van der Waals surface area (Å²) in [5.74, 6) is 1.85. The van der Waals surface area contributed by atoms with Gasteiger partial charge in [0.2, 0.25) is 0 Å². The van der Waals surface area contributed by atoms with Crippen LogP contribution in [-0.4, -0.2) is 0 Å². The first-order chi connectivity index (χ1) is 13.7. The summed E-state index contributed by atoms with van der Waals surface area (Å²) < 4.78 is 0. The first kappa shape index (κ1) is 28.0. The molecular formula is C28H58. The van der Waals surface area contributed by atoms with E-state index in [1.54, 1.807) is 0 Å². The molecule has 0 saturated heterocycles. The van der Waals surface area contributed by atoms with E-state index in [2.05, 4.69) is 27.7 Å². The van der Waals surface area contributed by atoms with Gasteiger partial charge in [0.1, 0.15) is 0 Å². The van der Waals surface area contributed by atoms with E-state index in [0.717, 1.165) is 11.8 Å². The molecule has 0 aliphatic carbocycles. The average molecular weight is 395 g/mol. The maximum atomic E-state index is 2.48. The van der Waals surface area contributed by atoms with Gasteiger partial charge in [-0.2, -0.15) is 0 Å². The van der Waals surface area contributed by atoms with Gasteiger partial charge in [0.25, 0.3) is 0 Å². The van der Waals surface area contributed by atoms with Crippen LogP contribution < -0.4 is 0 Å². The van der Waals surface area contributed by atoms with Gasteiger partial charge < -0.3 is 0 Å². The Balaban J connectivity index is 3.11. The molecule has 0 rings (SSSR count). The molecule has 0 nitrogen and oxygen atoms in total. The van der Waals surface area contributed by atoms with Gasteiger partial charge in [0, 0.05) is 0 Å². The Morgan fingerprint density at radius 3 is 1.00 bits per heavy atom. The van der Waals surface area contributed by atoms with Crippen LogP contribution in [0.15, 0.2) is 0 Å². The van der Waals surface area contributed by atoms with Crippen LogP contribution in [0, 0.1) is 11.8 Å². The molecule has 0 fully saturated rings. The maximum Gasteiger partial charge on any atom is -0.0443 e. The van der Waals surface area contributed by atoms with Crippen molar-refractivity contribution in [1.82, 2.24) is 0 Å². The number of rotatable bonds is 23. The van der Waals surface area contributed by atoms with Crippen molar-refractivity contribution >= 4 is 0 Å². The van der Waals surface area contributed by atoms with E-state index in [0.29, 0.717) is 0 Å². The molecule has 0 amide bonds. The number of hydrogen-bond donors (Lipinski definition) is 0. The van der Waals surface area contributed by atoms with Gasteiger partial charge in [0.05, 0.1) is 0 Å². The van der Waals surface area contributed by atoms with E-state index in [1.165, 1.54) is 141 Å². The van der Waals surface area contributed by atoms with Gasteiger partial charge in [-0.3, -0.25) is 0 Å². The molecule has 0 aliphatic rings. The van der Waals surface area contributed by atoms with Crippen molar-refractivity contribution in [2.24, 2.45) is 11.8 Å². The summed E-state index contributed by atoms with van der Waals surface area (Å²) in [6, 6.07) is 0. The lowest BCUT2D eigenvalue weighted by Crippen LogP contribution is -1.95. The highest BCUT2D eigenvalue weighted by atomic mass is 14.1. The van der Waals surface area contributed by atoms with Crippen LogP contribution in [0.2, 0.25) is 0 Å². The van der Waals surface area contributed by atoms with Crippen molar-refractivity contribution in [2.75, 3.05) is 0 Å². The zero-order chi connectivity index (χ0) is 20.7. The smallest absolute Gasteiger partial charge is 0.0443 e. The highest BCUT2D eigenvalue weighted by Crippen LogP contribution is 2.19. The third kappa shape index (κ3) is 24.0. The molecule has 0 aromatic heterocycles. The standard InChI is InChI=1S/C28H58/c1-5-6-7-8-9-10-11-12-13-14-15-16-17-18-19-22-25-28(4)26-23-20-21-24-27(2)3/h27-28H,5-26H2,1-4H3. The molecule has 0 aromatic carbocycles. The molecule has 0 bridgehead atoms. The lowest BCUT2D eigenvalue weighted by Gasteiger charge is -2.11. The lowest BCUT2D eigenvalue weighted by molar-refractivity contribution is 0.425. The fourth-order valence-electron chi connectivity index (χ4n) is 4.41. The Labute approximate surface area is 181 Å². The highest BCUT2D eigenvalue weighted by Gasteiger charge is 2.02. The van der Waals surface area contributed by atoms with Crippen molar-refractivity contribution in [3.63, 3.8) is 0 Å². The molecule has 1 unspecified atom stereocenters. The van der Waals surface area contributed by atoms with E-state index in [4.69, 9.17) is 0 Å². The predicted octanol–water partition coefficient (Wildman–Crippen LogP) is 10.9. The lowest BCUT2D eigenvalue weighted by atomic mass is 9.95. The van der Waals surface area contributed by atoms with Crippen LogP contribution in [0.3, 0.4) is 0 Å². The van der Waals surface area contributed by atoms with Crippen molar-refractivity contribution in [1.29, 1.82) is 0 Å². The Morgan fingerprint density at radius 1 is 0.357 bits per heavy atom. The van der Waals surface area contributed by atoms with Crippen molar-refractivity contribution < 1.29 is 0 Å². The average Bonchev–Trinajstić information content (AvgIpc) is 2.67. The number of unbranched alkanes of at least 4 members (excludes halogenated alkanes) is 17. The molecular weight excluding hydrogens is 336 g/mol. The van der Waals surface area contributed by atoms with E-state index in [1.807, 2.05) is 0 Å². The summed E-state index contributed by atoms with van der Waals surface area (Å²) >= 11 is 0. The second kappa shape index (κ2) is 23.3. The molecule has 0 aliphatic heterocycles. The predicted molar refractivity (Wildman–Crippen MR) is 131 cm³/mol. The molecule has 0 radical (unpaired) electrons. The minimum atomic E-state index is 0.891. The van der Waals surface area contributed by atoms with Gasteiger partial charge in [-0.05, 0) is 11.8 Å². The van der Waals surface area contributed by atoms with E-state index in [9.17, 15) is 0 Å². The van der Waals surface area contributed by atoms with Gasteiger partial charge in [-0.1, -0.05) is 169 Å². The van der Waals surface area contributed by atoms with E-state index < -0.39 is 0 Å². The second-order valence-electron chi connectivity index (χ2n) is 10.2. The first-order valence-corrected chi connectivity index (χ1v) is 13.7. The van der Waals surface area contributed by atoms with Crippen molar-refractivity contribution in [2.45, 2.75) is 169 Å². The van der Waals surface area contributed by atoms with Crippen LogP contribution >= 0.6 is 0 Å². The summed E-state index contributed by atoms with van der Waals surface area (Å²) in [7, 11) is 0. The number of hydrogen-bond acceptors (Lipinski definition) is 0. The van der Waals surface area contributed by atoms with E-state index >= 15 is 0 Å². The summed E-state index contributed by atoms with van der Waals surface area (Å²) in [5, 5.41) is 0. The van der Waals surface area contributed by atoms with Gasteiger partial charge in [0.15, 0.2) is 0 Å². The summed E-state index contributed by atoms with van der Waals surface area (Å²) in [6.07, 6.45) is 32.3. The fraction of sp³-hybridized carbons (Fsp3) is 1.00. The molecule has 1 atom stereocenters. The Morgan fingerprint density at radius 2 is 0.643 bits per heavy atom. The fourth-order valence-corrected chi connectivity index (χ4v) is 4.41. The van der Waals surface area contributed by atoms with Crippen LogP contribution in [0.1, 0.15) is 169 Å². The summed E-state index contributed by atoms with van der Waals surface area (Å²) in [6.45, 7) is 9.48. The zero-order valence-electron chi connectivity index (χ0n) is 20.7. The normalized spacial score (nSPS) is 12.8.